The lowest BCUT2D eigenvalue weighted by atomic mass is 10.1. The van der Waals surface area contributed by atoms with E-state index in [9.17, 15) is 4.79 Å². The molecule has 0 saturated heterocycles. The second kappa shape index (κ2) is 6.09. The lowest BCUT2D eigenvalue weighted by Gasteiger charge is -2.20. The Morgan fingerprint density at radius 3 is 2.81 bits per heavy atom. The first-order chi connectivity index (χ1) is 9.90. The maximum absolute atomic E-state index is 12.0. The van der Waals surface area contributed by atoms with E-state index in [2.05, 4.69) is 36.2 Å². The summed E-state index contributed by atoms with van der Waals surface area (Å²) in [6, 6.07) is 1.79. The minimum atomic E-state index is -0.278. The molecular weight excluding hydrogens is 272 g/mol. The van der Waals surface area contributed by atoms with Gasteiger partial charge in [-0.25, -0.2) is 0 Å². The molecule has 1 amide bonds. The van der Waals surface area contributed by atoms with E-state index in [1.807, 2.05) is 17.0 Å². The van der Waals surface area contributed by atoms with Crippen molar-refractivity contribution in [2.24, 2.45) is 0 Å². The van der Waals surface area contributed by atoms with Gasteiger partial charge in [-0.2, -0.15) is 4.98 Å². The van der Waals surface area contributed by atoms with Crippen molar-refractivity contribution in [3.63, 3.8) is 0 Å². The molecule has 2 aromatic heterocycles. The van der Waals surface area contributed by atoms with E-state index >= 15 is 0 Å². The molecular formula is C14H20N4O3. The van der Waals surface area contributed by atoms with Gasteiger partial charge < -0.3 is 19.5 Å². The van der Waals surface area contributed by atoms with Gasteiger partial charge in [0.05, 0.1) is 5.56 Å². The summed E-state index contributed by atoms with van der Waals surface area (Å²) in [7, 11) is 0. The highest BCUT2D eigenvalue weighted by Gasteiger charge is 2.15. The predicted octanol–water partition coefficient (Wildman–Crippen LogP) is 1.09. The molecule has 0 atom stereocenters. The van der Waals surface area contributed by atoms with Crippen LogP contribution in [0.3, 0.4) is 0 Å². The van der Waals surface area contributed by atoms with Gasteiger partial charge in [0.2, 0.25) is 0 Å². The number of rotatable bonds is 5. The van der Waals surface area contributed by atoms with Gasteiger partial charge in [-0.15, -0.1) is 0 Å². The van der Waals surface area contributed by atoms with E-state index in [4.69, 9.17) is 9.63 Å². The molecule has 0 aliphatic rings. The van der Waals surface area contributed by atoms with Gasteiger partial charge in [0.25, 0.3) is 11.8 Å². The molecule has 2 aromatic rings. The van der Waals surface area contributed by atoms with Gasteiger partial charge in [-0.3, -0.25) is 4.79 Å². The number of nitrogens with one attached hydrogen (secondary N) is 1. The highest BCUT2D eigenvalue weighted by molar-refractivity contribution is 5.94. The van der Waals surface area contributed by atoms with Gasteiger partial charge >= 0.3 is 0 Å². The Labute approximate surface area is 123 Å². The first kappa shape index (κ1) is 15.2. The van der Waals surface area contributed by atoms with Crippen molar-refractivity contribution < 1.29 is 14.4 Å². The quantitative estimate of drug-likeness (QED) is 0.860. The molecule has 0 radical (unpaired) electrons. The summed E-state index contributed by atoms with van der Waals surface area (Å²) < 4.78 is 6.76. The maximum Gasteiger partial charge on any atom is 0.252 e. The van der Waals surface area contributed by atoms with Crippen LogP contribution in [0.1, 0.15) is 42.8 Å². The number of carbonyl (C=O) groups is 1. The zero-order valence-electron chi connectivity index (χ0n) is 12.5. The minimum absolute atomic E-state index is 0.0517. The Balaban J connectivity index is 1.85. The average molecular weight is 292 g/mol. The number of carbonyl (C=O) groups excluding carboxylic acids is 1. The highest BCUT2D eigenvalue weighted by Crippen LogP contribution is 2.15. The zero-order chi connectivity index (χ0) is 15.5. The Kier molecular flexibility index (Phi) is 4.42. The summed E-state index contributed by atoms with van der Waals surface area (Å²) >= 11 is 0. The van der Waals surface area contributed by atoms with Crippen LogP contribution in [0, 0.1) is 0 Å². The van der Waals surface area contributed by atoms with Gasteiger partial charge in [-0.1, -0.05) is 5.16 Å². The van der Waals surface area contributed by atoms with Gasteiger partial charge in [-0.05, 0) is 26.8 Å². The summed E-state index contributed by atoms with van der Waals surface area (Å²) in [5.74, 6) is 0.508. The SMILES string of the molecule is CC(C)(C)n1ccc(C(=O)NCCc2noc(CO)n2)c1. The van der Waals surface area contributed by atoms with Crippen LogP contribution in [-0.2, 0) is 18.6 Å². The molecule has 0 aliphatic carbocycles. The third kappa shape index (κ3) is 3.91. The van der Waals surface area contributed by atoms with Crippen molar-refractivity contribution in [2.75, 3.05) is 6.54 Å². The summed E-state index contributed by atoms with van der Waals surface area (Å²) in [6.45, 7) is 6.35. The van der Waals surface area contributed by atoms with Crippen molar-refractivity contribution in [1.29, 1.82) is 0 Å². The smallest absolute Gasteiger partial charge is 0.252 e. The monoisotopic (exact) mass is 292 g/mol. The predicted molar refractivity (Wildman–Crippen MR) is 75.7 cm³/mol. The van der Waals surface area contributed by atoms with Crippen LogP contribution in [0.5, 0.6) is 0 Å². The first-order valence-electron chi connectivity index (χ1n) is 6.79. The first-order valence-corrected chi connectivity index (χ1v) is 6.79. The molecule has 2 heterocycles. The van der Waals surface area contributed by atoms with Crippen LogP contribution >= 0.6 is 0 Å². The number of aromatic nitrogens is 3. The largest absolute Gasteiger partial charge is 0.387 e. The normalized spacial score (nSPS) is 11.6. The average Bonchev–Trinajstić information content (AvgIpc) is 3.07. The van der Waals surface area contributed by atoms with E-state index in [0.717, 1.165) is 0 Å². The van der Waals surface area contributed by atoms with E-state index < -0.39 is 0 Å². The second-order valence-electron chi connectivity index (χ2n) is 5.75. The molecule has 0 bridgehead atoms. The van der Waals surface area contributed by atoms with Crippen LogP contribution in [0.2, 0.25) is 0 Å². The molecule has 0 aliphatic heterocycles. The topological polar surface area (TPSA) is 93.2 Å². The third-order valence-corrected chi connectivity index (χ3v) is 3.01. The van der Waals surface area contributed by atoms with Crippen LogP contribution in [0.25, 0.3) is 0 Å². The van der Waals surface area contributed by atoms with E-state index in [0.29, 0.717) is 24.4 Å². The van der Waals surface area contributed by atoms with Gasteiger partial charge in [0.1, 0.15) is 6.61 Å². The molecule has 0 aromatic carbocycles. The summed E-state index contributed by atoms with van der Waals surface area (Å²) in [5, 5.41) is 15.3. The van der Waals surface area contributed by atoms with Gasteiger partial charge in [0, 0.05) is 30.9 Å². The lowest BCUT2D eigenvalue weighted by Crippen LogP contribution is -2.26. The molecule has 0 unspecified atom stereocenters. The fraction of sp³-hybridized carbons (Fsp3) is 0.500. The molecule has 7 nitrogen and oxygen atoms in total. The van der Waals surface area contributed by atoms with Crippen molar-refractivity contribution in [3.05, 3.63) is 35.7 Å². The summed E-state index contributed by atoms with van der Waals surface area (Å²) in [5.41, 5.74) is 0.568. The fourth-order valence-electron chi connectivity index (χ4n) is 1.79. The molecule has 21 heavy (non-hydrogen) atoms. The number of hydrogen-bond donors (Lipinski definition) is 2. The Morgan fingerprint density at radius 1 is 1.48 bits per heavy atom. The summed E-state index contributed by atoms with van der Waals surface area (Å²) in [6.07, 6.45) is 4.17. The number of hydrogen-bond acceptors (Lipinski definition) is 5. The zero-order valence-corrected chi connectivity index (χ0v) is 12.5. The van der Waals surface area contributed by atoms with Crippen molar-refractivity contribution >= 4 is 5.91 Å². The maximum atomic E-state index is 12.0. The van der Waals surface area contributed by atoms with Crippen molar-refractivity contribution in [3.8, 4) is 0 Å². The van der Waals surface area contributed by atoms with Crippen LogP contribution in [0.15, 0.2) is 23.0 Å². The lowest BCUT2D eigenvalue weighted by molar-refractivity contribution is 0.0953. The van der Waals surface area contributed by atoms with Crippen LogP contribution < -0.4 is 5.32 Å². The highest BCUT2D eigenvalue weighted by atomic mass is 16.5. The molecule has 0 saturated carbocycles. The van der Waals surface area contributed by atoms with Crippen LogP contribution in [-0.4, -0.2) is 32.3 Å². The molecule has 0 spiro atoms. The number of amides is 1. The fourth-order valence-corrected chi connectivity index (χ4v) is 1.79. The molecule has 7 heteroatoms. The standard InChI is InChI=1S/C14H20N4O3/c1-14(2,3)18-7-5-10(8-18)13(20)15-6-4-11-16-12(9-19)21-17-11/h5,7-8,19H,4,6,9H2,1-3H3,(H,15,20). The Bertz CT molecular complexity index is 610. The number of nitrogens with zero attached hydrogens (tertiary/aromatic N) is 3. The number of aliphatic hydroxyl groups excluding tert-OH is 1. The van der Waals surface area contributed by atoms with E-state index in [1.165, 1.54) is 0 Å². The summed E-state index contributed by atoms with van der Waals surface area (Å²) in [4.78, 5) is 16.0. The van der Waals surface area contributed by atoms with Crippen LogP contribution in [0.4, 0.5) is 0 Å². The third-order valence-electron chi connectivity index (χ3n) is 3.01. The van der Waals surface area contributed by atoms with Crippen molar-refractivity contribution in [2.45, 2.75) is 39.3 Å². The Morgan fingerprint density at radius 2 is 2.24 bits per heavy atom. The van der Waals surface area contributed by atoms with E-state index in [1.54, 1.807) is 6.07 Å². The minimum Gasteiger partial charge on any atom is -0.387 e. The second-order valence-corrected chi connectivity index (χ2v) is 5.75. The van der Waals surface area contributed by atoms with Gasteiger partial charge in [0.15, 0.2) is 5.82 Å². The molecule has 0 fully saturated rings. The van der Waals surface area contributed by atoms with Crippen molar-refractivity contribution in [1.82, 2.24) is 20.0 Å². The van der Waals surface area contributed by atoms with E-state index in [-0.39, 0.29) is 23.9 Å². The number of aliphatic hydroxyl groups is 1. The Hall–Kier alpha value is -2.15. The molecule has 114 valence electrons. The molecule has 2 rings (SSSR count). The molecule has 2 N–H and O–H groups in total.